The van der Waals surface area contributed by atoms with Crippen LogP contribution in [-0.2, 0) is 12.0 Å². The summed E-state index contributed by atoms with van der Waals surface area (Å²) in [6.07, 6.45) is 5.51. The predicted octanol–water partition coefficient (Wildman–Crippen LogP) is 4.75. The summed E-state index contributed by atoms with van der Waals surface area (Å²) in [6.45, 7) is 12.4. The molecule has 114 valence electrons. The van der Waals surface area contributed by atoms with E-state index < -0.39 is 0 Å². The van der Waals surface area contributed by atoms with Crippen molar-refractivity contribution >= 4 is 11.3 Å². The molecule has 1 N–H and O–H groups in total. The summed E-state index contributed by atoms with van der Waals surface area (Å²) >= 11 is 1.80. The highest BCUT2D eigenvalue weighted by molar-refractivity contribution is 7.09. The maximum Gasteiger partial charge on any atom is 0.0982 e. The molecule has 1 saturated carbocycles. The van der Waals surface area contributed by atoms with Crippen molar-refractivity contribution in [3.63, 3.8) is 0 Å². The van der Waals surface area contributed by atoms with Crippen LogP contribution >= 0.6 is 11.3 Å². The van der Waals surface area contributed by atoms with E-state index in [9.17, 15) is 0 Å². The normalized spacial score (nSPS) is 24.3. The van der Waals surface area contributed by atoms with Gasteiger partial charge in [0.2, 0.25) is 0 Å². The van der Waals surface area contributed by atoms with Crippen molar-refractivity contribution in [2.75, 3.05) is 0 Å². The number of rotatable bonds is 4. The highest BCUT2D eigenvalue weighted by Crippen LogP contribution is 2.31. The van der Waals surface area contributed by atoms with E-state index in [1.54, 1.807) is 11.3 Å². The summed E-state index contributed by atoms with van der Waals surface area (Å²) in [6, 6.07) is 0.684. The Labute approximate surface area is 128 Å². The second kappa shape index (κ2) is 6.57. The molecule has 2 atom stereocenters. The highest BCUT2D eigenvalue weighted by Gasteiger charge is 2.27. The fraction of sp³-hybridized carbons (Fsp3) is 0.824. The van der Waals surface area contributed by atoms with Crippen LogP contribution in [0.15, 0.2) is 5.38 Å². The minimum atomic E-state index is 0.175. The van der Waals surface area contributed by atoms with Gasteiger partial charge in [-0.05, 0) is 24.7 Å². The van der Waals surface area contributed by atoms with Gasteiger partial charge in [0.15, 0.2) is 0 Å². The van der Waals surface area contributed by atoms with Crippen LogP contribution in [0, 0.1) is 11.8 Å². The first-order valence-electron chi connectivity index (χ1n) is 8.06. The summed E-state index contributed by atoms with van der Waals surface area (Å²) in [7, 11) is 0. The molecule has 1 aromatic rings. The zero-order valence-electron chi connectivity index (χ0n) is 13.7. The molecule has 1 aromatic heterocycles. The Morgan fingerprint density at radius 1 is 1.30 bits per heavy atom. The van der Waals surface area contributed by atoms with Gasteiger partial charge < -0.3 is 5.32 Å². The summed E-state index contributed by atoms with van der Waals surface area (Å²) < 4.78 is 0. The minimum Gasteiger partial charge on any atom is -0.308 e. The molecule has 0 saturated heterocycles. The molecule has 0 aliphatic heterocycles. The van der Waals surface area contributed by atoms with E-state index in [2.05, 4.69) is 45.3 Å². The van der Waals surface area contributed by atoms with E-state index in [4.69, 9.17) is 4.98 Å². The molecule has 1 heterocycles. The number of thiazole rings is 1. The standard InChI is InChI=1S/C17H30N2S/c1-12(2)14-8-6-7-9-15(14)18-10-13-11-20-16(19-13)17(3,4)5/h11-12,14-15,18H,6-10H2,1-5H3. The van der Waals surface area contributed by atoms with Crippen molar-refractivity contribution in [2.45, 2.75) is 78.3 Å². The molecule has 0 amide bonds. The van der Waals surface area contributed by atoms with Gasteiger partial charge in [-0.15, -0.1) is 11.3 Å². The lowest BCUT2D eigenvalue weighted by Gasteiger charge is -2.35. The van der Waals surface area contributed by atoms with Gasteiger partial charge >= 0.3 is 0 Å². The van der Waals surface area contributed by atoms with Gasteiger partial charge in [-0.3, -0.25) is 0 Å². The summed E-state index contributed by atoms with van der Waals surface area (Å²) in [5, 5.41) is 7.25. The molecule has 2 nitrogen and oxygen atoms in total. The molecule has 2 rings (SSSR count). The third-order valence-corrected chi connectivity index (χ3v) is 5.73. The molecule has 0 spiro atoms. The Morgan fingerprint density at radius 3 is 2.60 bits per heavy atom. The van der Waals surface area contributed by atoms with Crippen LogP contribution in [0.3, 0.4) is 0 Å². The Kier molecular flexibility index (Phi) is 5.25. The fourth-order valence-corrected chi connectivity index (χ4v) is 4.09. The molecule has 1 aliphatic carbocycles. The van der Waals surface area contributed by atoms with Crippen molar-refractivity contribution in [3.05, 3.63) is 16.1 Å². The lowest BCUT2D eigenvalue weighted by molar-refractivity contribution is 0.204. The van der Waals surface area contributed by atoms with Crippen molar-refractivity contribution in [3.8, 4) is 0 Å². The van der Waals surface area contributed by atoms with Crippen LogP contribution in [-0.4, -0.2) is 11.0 Å². The summed E-state index contributed by atoms with van der Waals surface area (Å²) in [4.78, 5) is 4.79. The number of nitrogens with one attached hydrogen (secondary N) is 1. The van der Waals surface area contributed by atoms with Gasteiger partial charge in [-0.1, -0.05) is 47.5 Å². The largest absolute Gasteiger partial charge is 0.308 e. The predicted molar refractivity (Wildman–Crippen MR) is 88.2 cm³/mol. The van der Waals surface area contributed by atoms with E-state index >= 15 is 0 Å². The van der Waals surface area contributed by atoms with E-state index in [1.807, 2.05) is 0 Å². The van der Waals surface area contributed by atoms with E-state index in [0.29, 0.717) is 6.04 Å². The molecular formula is C17H30N2S. The van der Waals surface area contributed by atoms with Crippen molar-refractivity contribution in [1.29, 1.82) is 0 Å². The average molecular weight is 295 g/mol. The van der Waals surface area contributed by atoms with Gasteiger partial charge in [0.05, 0.1) is 10.7 Å². The average Bonchev–Trinajstić information content (AvgIpc) is 2.85. The summed E-state index contributed by atoms with van der Waals surface area (Å²) in [5.41, 5.74) is 1.39. The van der Waals surface area contributed by atoms with Crippen LogP contribution in [0.1, 0.15) is 71.0 Å². The van der Waals surface area contributed by atoms with E-state index in [-0.39, 0.29) is 5.41 Å². The van der Waals surface area contributed by atoms with Gasteiger partial charge in [0.1, 0.15) is 0 Å². The lowest BCUT2D eigenvalue weighted by atomic mass is 9.78. The maximum atomic E-state index is 4.79. The summed E-state index contributed by atoms with van der Waals surface area (Å²) in [5.74, 6) is 1.62. The minimum absolute atomic E-state index is 0.175. The number of nitrogens with zero attached hydrogens (tertiary/aromatic N) is 1. The molecule has 2 unspecified atom stereocenters. The topological polar surface area (TPSA) is 24.9 Å². The van der Waals surface area contributed by atoms with E-state index in [1.165, 1.54) is 36.4 Å². The first kappa shape index (κ1) is 16.0. The second-order valence-electron chi connectivity index (χ2n) is 7.57. The SMILES string of the molecule is CC(C)C1CCCCC1NCc1csc(C(C)(C)C)n1. The Morgan fingerprint density at radius 2 is 2.00 bits per heavy atom. The first-order valence-corrected chi connectivity index (χ1v) is 8.94. The number of hydrogen-bond acceptors (Lipinski definition) is 3. The third kappa shape index (κ3) is 4.05. The second-order valence-corrected chi connectivity index (χ2v) is 8.43. The van der Waals surface area contributed by atoms with Crippen LogP contribution in [0.5, 0.6) is 0 Å². The van der Waals surface area contributed by atoms with Gasteiger partial charge in [-0.2, -0.15) is 0 Å². The Hall–Kier alpha value is -0.410. The Balaban J connectivity index is 1.92. The van der Waals surface area contributed by atoms with E-state index in [0.717, 1.165) is 18.4 Å². The third-order valence-electron chi connectivity index (χ3n) is 4.41. The smallest absolute Gasteiger partial charge is 0.0982 e. The van der Waals surface area contributed by atoms with Gasteiger partial charge in [0, 0.05) is 23.4 Å². The molecule has 1 aliphatic rings. The first-order chi connectivity index (χ1) is 9.38. The quantitative estimate of drug-likeness (QED) is 0.867. The highest BCUT2D eigenvalue weighted by atomic mass is 32.1. The molecule has 0 aromatic carbocycles. The van der Waals surface area contributed by atoms with Crippen molar-refractivity contribution < 1.29 is 0 Å². The Bertz CT molecular complexity index is 417. The van der Waals surface area contributed by atoms with Crippen LogP contribution in [0.25, 0.3) is 0 Å². The van der Waals surface area contributed by atoms with Gasteiger partial charge in [0.25, 0.3) is 0 Å². The van der Waals surface area contributed by atoms with Crippen LogP contribution in [0.4, 0.5) is 0 Å². The lowest BCUT2D eigenvalue weighted by Crippen LogP contribution is -2.40. The molecule has 0 bridgehead atoms. The fourth-order valence-electron chi connectivity index (χ4n) is 3.18. The molecule has 20 heavy (non-hydrogen) atoms. The van der Waals surface area contributed by atoms with Crippen molar-refractivity contribution in [2.24, 2.45) is 11.8 Å². The van der Waals surface area contributed by atoms with Crippen LogP contribution < -0.4 is 5.32 Å². The molecule has 0 radical (unpaired) electrons. The zero-order chi connectivity index (χ0) is 14.8. The van der Waals surface area contributed by atoms with Crippen molar-refractivity contribution in [1.82, 2.24) is 10.3 Å². The van der Waals surface area contributed by atoms with Crippen LogP contribution in [0.2, 0.25) is 0 Å². The maximum absolute atomic E-state index is 4.79. The molecule has 1 fully saturated rings. The molecule has 3 heteroatoms. The number of aromatic nitrogens is 1. The molecular weight excluding hydrogens is 264 g/mol. The monoisotopic (exact) mass is 294 g/mol. The van der Waals surface area contributed by atoms with Gasteiger partial charge in [-0.25, -0.2) is 4.98 Å². The number of hydrogen-bond donors (Lipinski definition) is 1. The zero-order valence-corrected chi connectivity index (χ0v) is 14.5.